The molecule has 0 saturated carbocycles. The molecule has 0 aliphatic rings. The van der Waals surface area contributed by atoms with Crippen LogP contribution in [0.15, 0.2) is 22.9 Å². The number of rotatable bonds is 4. The van der Waals surface area contributed by atoms with E-state index in [1.54, 1.807) is 25.6 Å². The van der Waals surface area contributed by atoms with E-state index in [-0.39, 0.29) is 0 Å². The first-order chi connectivity index (χ1) is 5.84. The predicted molar refractivity (Wildman–Crippen MR) is 49.3 cm³/mol. The number of ether oxygens (including phenoxy) is 2. The highest BCUT2D eigenvalue weighted by molar-refractivity contribution is 9.10. The quantitative estimate of drug-likeness (QED) is 0.742. The van der Waals surface area contributed by atoms with Gasteiger partial charge in [-0.15, -0.1) is 0 Å². The van der Waals surface area contributed by atoms with Crippen LogP contribution in [0.5, 0.6) is 5.75 Å². The van der Waals surface area contributed by atoms with Crippen molar-refractivity contribution in [1.29, 1.82) is 0 Å². The molecule has 0 amide bonds. The van der Waals surface area contributed by atoms with Gasteiger partial charge in [0.1, 0.15) is 12.4 Å². The molecule has 0 fully saturated rings. The van der Waals surface area contributed by atoms with E-state index in [1.807, 2.05) is 0 Å². The predicted octanol–water partition coefficient (Wildman–Crippen LogP) is 1.87. The van der Waals surface area contributed by atoms with Gasteiger partial charge in [0.25, 0.3) is 0 Å². The van der Waals surface area contributed by atoms with Gasteiger partial charge in [0.15, 0.2) is 0 Å². The van der Waals surface area contributed by atoms with Crippen LogP contribution in [0.1, 0.15) is 0 Å². The zero-order valence-corrected chi connectivity index (χ0v) is 8.37. The zero-order chi connectivity index (χ0) is 8.81. The molecular weight excluding hydrogens is 222 g/mol. The lowest BCUT2D eigenvalue weighted by Gasteiger charge is -2.05. The second-order valence-electron chi connectivity index (χ2n) is 2.15. The van der Waals surface area contributed by atoms with Crippen molar-refractivity contribution in [3.05, 3.63) is 22.9 Å². The minimum atomic E-state index is 0.555. The van der Waals surface area contributed by atoms with Crippen LogP contribution in [0.25, 0.3) is 0 Å². The summed E-state index contributed by atoms with van der Waals surface area (Å²) in [4.78, 5) is 3.92. The lowest BCUT2D eigenvalue weighted by molar-refractivity contribution is 0.146. The van der Waals surface area contributed by atoms with E-state index in [1.165, 1.54) is 0 Å². The van der Waals surface area contributed by atoms with Crippen LogP contribution in [-0.2, 0) is 4.74 Å². The van der Waals surface area contributed by atoms with Crippen LogP contribution in [0.4, 0.5) is 0 Å². The second kappa shape index (κ2) is 5.11. The number of methoxy groups -OCH3 is 1. The number of nitrogens with zero attached hydrogens (tertiary/aromatic N) is 1. The van der Waals surface area contributed by atoms with Gasteiger partial charge in [-0.25, -0.2) is 0 Å². The molecule has 0 unspecified atom stereocenters. The fraction of sp³-hybridized carbons (Fsp3) is 0.375. The van der Waals surface area contributed by atoms with Crippen LogP contribution in [0.3, 0.4) is 0 Å². The number of aromatic nitrogens is 1. The molecule has 0 bridgehead atoms. The number of hydrogen-bond donors (Lipinski definition) is 0. The van der Waals surface area contributed by atoms with E-state index >= 15 is 0 Å². The van der Waals surface area contributed by atoms with Crippen LogP contribution < -0.4 is 4.74 Å². The molecule has 0 aromatic carbocycles. The normalized spacial score (nSPS) is 9.83. The van der Waals surface area contributed by atoms with Gasteiger partial charge in [0, 0.05) is 19.5 Å². The van der Waals surface area contributed by atoms with Crippen LogP contribution in [0, 0.1) is 0 Å². The molecule has 0 spiro atoms. The van der Waals surface area contributed by atoms with Gasteiger partial charge in [0.2, 0.25) is 0 Å². The van der Waals surface area contributed by atoms with E-state index in [0.29, 0.717) is 13.2 Å². The molecule has 3 nitrogen and oxygen atoms in total. The summed E-state index contributed by atoms with van der Waals surface area (Å²) in [6.45, 7) is 1.15. The van der Waals surface area contributed by atoms with Crippen molar-refractivity contribution in [2.24, 2.45) is 0 Å². The molecule has 0 aliphatic heterocycles. The van der Waals surface area contributed by atoms with Gasteiger partial charge in [-0.1, -0.05) is 0 Å². The monoisotopic (exact) mass is 231 g/mol. The highest BCUT2D eigenvalue weighted by atomic mass is 79.9. The third kappa shape index (κ3) is 2.79. The topological polar surface area (TPSA) is 31.4 Å². The van der Waals surface area contributed by atoms with Crippen molar-refractivity contribution < 1.29 is 9.47 Å². The second-order valence-corrected chi connectivity index (χ2v) is 3.00. The Hall–Kier alpha value is -0.610. The maximum absolute atomic E-state index is 5.37. The number of hydrogen-bond acceptors (Lipinski definition) is 3. The fourth-order valence-electron chi connectivity index (χ4n) is 0.714. The van der Waals surface area contributed by atoms with E-state index in [0.717, 1.165) is 10.2 Å². The molecule has 1 aromatic heterocycles. The lowest BCUT2D eigenvalue weighted by atomic mass is 10.4. The smallest absolute Gasteiger partial charge is 0.136 e. The number of pyridine rings is 1. The summed E-state index contributed by atoms with van der Waals surface area (Å²) in [5, 5.41) is 0. The summed E-state index contributed by atoms with van der Waals surface area (Å²) < 4.78 is 11.1. The highest BCUT2D eigenvalue weighted by Gasteiger charge is 1.98. The van der Waals surface area contributed by atoms with Crippen molar-refractivity contribution in [2.45, 2.75) is 0 Å². The lowest BCUT2D eigenvalue weighted by Crippen LogP contribution is -2.04. The molecule has 0 radical (unpaired) electrons. The third-order valence-corrected chi connectivity index (χ3v) is 1.88. The molecule has 1 rings (SSSR count). The Bertz CT molecular complexity index is 242. The minimum Gasteiger partial charge on any atom is -0.490 e. The SMILES string of the molecule is COCCOc1ccncc1Br. The largest absolute Gasteiger partial charge is 0.490 e. The Kier molecular flexibility index (Phi) is 4.04. The van der Waals surface area contributed by atoms with E-state index in [4.69, 9.17) is 9.47 Å². The van der Waals surface area contributed by atoms with Gasteiger partial charge in [-0.05, 0) is 22.0 Å². The molecule has 0 atom stereocenters. The average molecular weight is 232 g/mol. The van der Waals surface area contributed by atoms with Crippen LogP contribution in [0.2, 0.25) is 0 Å². The molecule has 4 heteroatoms. The van der Waals surface area contributed by atoms with E-state index in [9.17, 15) is 0 Å². The van der Waals surface area contributed by atoms with Gasteiger partial charge >= 0.3 is 0 Å². The Labute approximate surface area is 79.8 Å². The van der Waals surface area contributed by atoms with Crippen LogP contribution >= 0.6 is 15.9 Å². The first-order valence-electron chi connectivity index (χ1n) is 3.56. The molecule has 12 heavy (non-hydrogen) atoms. The third-order valence-electron chi connectivity index (χ3n) is 1.28. The van der Waals surface area contributed by atoms with Crippen molar-refractivity contribution >= 4 is 15.9 Å². The van der Waals surface area contributed by atoms with Gasteiger partial charge in [0.05, 0.1) is 11.1 Å². The Morgan fingerprint density at radius 2 is 2.33 bits per heavy atom. The summed E-state index contributed by atoms with van der Waals surface area (Å²) in [6.07, 6.45) is 3.38. The average Bonchev–Trinajstić information content (AvgIpc) is 2.09. The Balaban J connectivity index is 2.46. The fourth-order valence-corrected chi connectivity index (χ4v) is 1.08. The summed E-state index contributed by atoms with van der Waals surface area (Å²) in [5.41, 5.74) is 0. The van der Waals surface area contributed by atoms with Gasteiger partial charge in [-0.2, -0.15) is 0 Å². The first-order valence-corrected chi connectivity index (χ1v) is 4.35. The Morgan fingerprint density at radius 3 is 3.00 bits per heavy atom. The standard InChI is InChI=1S/C8H10BrNO2/c1-11-4-5-12-8-2-3-10-6-7(8)9/h2-3,6H,4-5H2,1H3. The van der Waals surface area contributed by atoms with Crippen molar-refractivity contribution in [2.75, 3.05) is 20.3 Å². The molecular formula is C8H10BrNO2. The summed E-state index contributed by atoms with van der Waals surface area (Å²) in [6, 6.07) is 1.81. The van der Waals surface area contributed by atoms with Gasteiger partial charge in [-0.3, -0.25) is 4.98 Å². The molecule has 0 aliphatic carbocycles. The van der Waals surface area contributed by atoms with E-state index < -0.39 is 0 Å². The first kappa shape index (κ1) is 9.48. The van der Waals surface area contributed by atoms with Crippen molar-refractivity contribution in [1.82, 2.24) is 4.98 Å². The molecule has 1 aromatic rings. The van der Waals surface area contributed by atoms with Crippen LogP contribution in [-0.4, -0.2) is 25.3 Å². The summed E-state index contributed by atoms with van der Waals surface area (Å²) in [7, 11) is 1.64. The maximum atomic E-state index is 5.37. The molecule has 0 saturated heterocycles. The minimum absolute atomic E-state index is 0.555. The summed E-state index contributed by atoms with van der Waals surface area (Å²) in [5.74, 6) is 0.794. The highest BCUT2D eigenvalue weighted by Crippen LogP contribution is 2.22. The molecule has 0 N–H and O–H groups in total. The Morgan fingerprint density at radius 1 is 1.50 bits per heavy atom. The van der Waals surface area contributed by atoms with E-state index in [2.05, 4.69) is 20.9 Å². The zero-order valence-electron chi connectivity index (χ0n) is 6.79. The maximum Gasteiger partial charge on any atom is 0.136 e. The molecule has 1 heterocycles. The number of halogens is 1. The van der Waals surface area contributed by atoms with Crippen molar-refractivity contribution in [3.8, 4) is 5.75 Å². The van der Waals surface area contributed by atoms with Crippen molar-refractivity contribution in [3.63, 3.8) is 0 Å². The molecule has 66 valence electrons. The summed E-state index contributed by atoms with van der Waals surface area (Å²) >= 11 is 3.32. The van der Waals surface area contributed by atoms with Gasteiger partial charge < -0.3 is 9.47 Å².